The van der Waals surface area contributed by atoms with E-state index in [1.165, 1.54) is 11.1 Å². The van der Waals surface area contributed by atoms with Gasteiger partial charge in [-0.3, -0.25) is 4.40 Å². The van der Waals surface area contributed by atoms with Gasteiger partial charge in [0.05, 0.1) is 12.6 Å². The predicted octanol–water partition coefficient (Wildman–Crippen LogP) is 3.60. The predicted molar refractivity (Wildman–Crippen MR) is 93.2 cm³/mol. The number of nitrogens with one attached hydrogen (secondary N) is 1. The Labute approximate surface area is 141 Å². The second-order valence-corrected chi connectivity index (χ2v) is 6.46. The molecule has 2 atom stereocenters. The lowest BCUT2D eigenvalue weighted by Gasteiger charge is -2.22. The fourth-order valence-corrected chi connectivity index (χ4v) is 3.40. The van der Waals surface area contributed by atoms with Crippen LogP contribution in [0, 0.1) is 6.92 Å². The van der Waals surface area contributed by atoms with Crippen molar-refractivity contribution in [2.75, 3.05) is 6.61 Å². The van der Waals surface area contributed by atoms with E-state index >= 15 is 0 Å². The van der Waals surface area contributed by atoms with Gasteiger partial charge in [-0.2, -0.15) is 0 Å². The summed E-state index contributed by atoms with van der Waals surface area (Å²) in [6.07, 6.45) is 4.10. The van der Waals surface area contributed by atoms with Gasteiger partial charge in [-0.25, -0.2) is 0 Å². The molecule has 5 nitrogen and oxygen atoms in total. The fraction of sp³-hybridized carbons (Fsp3) is 0.368. The smallest absolute Gasteiger partial charge is 0.160 e. The average Bonchev–Trinajstić information content (AvgIpc) is 2.93. The molecule has 1 aromatic carbocycles. The second-order valence-electron chi connectivity index (χ2n) is 6.46. The SMILES string of the molecule is Cc1ccc2c(c1)[C@H](N[C@@H](C)c1nnc3ccccn13)CCCO2. The monoisotopic (exact) mass is 322 g/mol. The van der Waals surface area contributed by atoms with Crippen molar-refractivity contribution in [3.63, 3.8) is 0 Å². The summed E-state index contributed by atoms with van der Waals surface area (Å²) in [4.78, 5) is 0. The van der Waals surface area contributed by atoms with Crippen LogP contribution < -0.4 is 10.1 Å². The van der Waals surface area contributed by atoms with Crippen LogP contribution in [0.4, 0.5) is 0 Å². The standard InChI is InChI=1S/C19H22N4O/c1-13-8-9-17-15(12-13)16(6-5-11-24-17)20-14(2)19-22-21-18-7-3-4-10-23(18)19/h3-4,7-10,12,14,16,20H,5-6,11H2,1-2H3/t14-,16+/m0/s1. The molecule has 3 aromatic rings. The largest absolute Gasteiger partial charge is 0.493 e. The third kappa shape index (κ3) is 2.76. The number of nitrogens with zero attached hydrogens (tertiary/aromatic N) is 3. The zero-order valence-electron chi connectivity index (χ0n) is 14.1. The van der Waals surface area contributed by atoms with Crippen molar-refractivity contribution in [2.45, 2.75) is 38.8 Å². The number of aromatic nitrogens is 3. The Morgan fingerprint density at radius 1 is 1.25 bits per heavy atom. The lowest BCUT2D eigenvalue weighted by molar-refractivity contribution is 0.314. The third-order valence-electron chi connectivity index (χ3n) is 4.61. The molecule has 1 aliphatic heterocycles. The molecule has 0 fully saturated rings. The van der Waals surface area contributed by atoms with Crippen molar-refractivity contribution < 1.29 is 4.74 Å². The fourth-order valence-electron chi connectivity index (χ4n) is 3.40. The number of pyridine rings is 1. The average molecular weight is 322 g/mol. The Kier molecular flexibility index (Phi) is 3.94. The first-order valence-electron chi connectivity index (χ1n) is 8.51. The van der Waals surface area contributed by atoms with Crippen LogP contribution in [0.2, 0.25) is 0 Å². The van der Waals surface area contributed by atoms with Crippen LogP contribution >= 0.6 is 0 Å². The number of aryl methyl sites for hydroxylation is 1. The highest BCUT2D eigenvalue weighted by Gasteiger charge is 2.23. The topological polar surface area (TPSA) is 51.5 Å². The summed E-state index contributed by atoms with van der Waals surface area (Å²) >= 11 is 0. The molecule has 0 bridgehead atoms. The third-order valence-corrected chi connectivity index (χ3v) is 4.61. The van der Waals surface area contributed by atoms with E-state index in [1.807, 2.05) is 28.8 Å². The maximum atomic E-state index is 5.90. The van der Waals surface area contributed by atoms with Crippen LogP contribution in [-0.2, 0) is 0 Å². The molecule has 24 heavy (non-hydrogen) atoms. The molecule has 3 heterocycles. The second kappa shape index (κ2) is 6.24. The highest BCUT2D eigenvalue weighted by molar-refractivity contribution is 5.40. The molecule has 0 amide bonds. The minimum Gasteiger partial charge on any atom is -0.493 e. The Bertz CT molecular complexity index is 857. The van der Waals surface area contributed by atoms with Crippen molar-refractivity contribution in [1.82, 2.24) is 19.9 Å². The van der Waals surface area contributed by atoms with Gasteiger partial charge >= 0.3 is 0 Å². The summed E-state index contributed by atoms with van der Waals surface area (Å²) in [5, 5.41) is 12.4. The number of benzene rings is 1. The van der Waals surface area contributed by atoms with E-state index in [9.17, 15) is 0 Å². The molecule has 0 aliphatic carbocycles. The summed E-state index contributed by atoms with van der Waals surface area (Å²) in [5.41, 5.74) is 3.38. The van der Waals surface area contributed by atoms with Gasteiger partial charge in [0.1, 0.15) is 5.75 Å². The Morgan fingerprint density at radius 3 is 3.08 bits per heavy atom. The van der Waals surface area contributed by atoms with Crippen molar-refractivity contribution >= 4 is 5.65 Å². The van der Waals surface area contributed by atoms with Gasteiger partial charge in [-0.15, -0.1) is 10.2 Å². The molecular formula is C19H22N4O. The maximum Gasteiger partial charge on any atom is 0.160 e. The van der Waals surface area contributed by atoms with Crippen LogP contribution in [0.1, 0.15) is 48.8 Å². The lowest BCUT2D eigenvalue weighted by atomic mass is 9.99. The van der Waals surface area contributed by atoms with Crippen molar-refractivity contribution in [1.29, 1.82) is 0 Å². The van der Waals surface area contributed by atoms with Gasteiger partial charge in [-0.1, -0.05) is 23.8 Å². The van der Waals surface area contributed by atoms with Crippen molar-refractivity contribution in [2.24, 2.45) is 0 Å². The van der Waals surface area contributed by atoms with Gasteiger partial charge in [0.25, 0.3) is 0 Å². The Morgan fingerprint density at radius 2 is 2.17 bits per heavy atom. The van der Waals surface area contributed by atoms with Crippen molar-refractivity contribution in [3.8, 4) is 5.75 Å². The molecule has 0 saturated carbocycles. The van der Waals surface area contributed by atoms with Crippen LogP contribution in [0.5, 0.6) is 5.75 Å². The zero-order valence-corrected chi connectivity index (χ0v) is 14.1. The van der Waals surface area contributed by atoms with Crippen LogP contribution in [0.3, 0.4) is 0 Å². The van der Waals surface area contributed by atoms with Crippen LogP contribution in [0.15, 0.2) is 42.6 Å². The van der Waals surface area contributed by atoms with Gasteiger partial charge < -0.3 is 10.1 Å². The molecular weight excluding hydrogens is 300 g/mol. The molecule has 124 valence electrons. The van der Waals surface area contributed by atoms with E-state index in [-0.39, 0.29) is 12.1 Å². The number of hydrogen-bond acceptors (Lipinski definition) is 4. The normalized spacial score (nSPS) is 18.7. The molecule has 1 aliphatic rings. The van der Waals surface area contributed by atoms with E-state index in [2.05, 4.69) is 47.6 Å². The summed E-state index contributed by atoms with van der Waals surface area (Å²) in [5.74, 6) is 1.93. The summed E-state index contributed by atoms with van der Waals surface area (Å²) in [7, 11) is 0. The van der Waals surface area contributed by atoms with E-state index in [4.69, 9.17) is 4.74 Å². The van der Waals surface area contributed by atoms with Gasteiger partial charge in [0, 0.05) is 17.8 Å². The molecule has 5 heteroatoms. The van der Waals surface area contributed by atoms with Gasteiger partial charge in [-0.05, 0) is 44.9 Å². The Balaban J connectivity index is 1.64. The first-order chi connectivity index (χ1) is 11.7. The minimum absolute atomic E-state index is 0.0962. The van der Waals surface area contributed by atoms with E-state index in [0.717, 1.165) is 36.7 Å². The van der Waals surface area contributed by atoms with Gasteiger partial charge in [0.2, 0.25) is 0 Å². The van der Waals surface area contributed by atoms with E-state index in [1.54, 1.807) is 0 Å². The molecule has 0 unspecified atom stereocenters. The maximum absolute atomic E-state index is 5.90. The minimum atomic E-state index is 0.0962. The molecule has 0 saturated heterocycles. The molecule has 1 N–H and O–H groups in total. The molecule has 4 rings (SSSR count). The Hall–Kier alpha value is -2.40. The summed E-state index contributed by atoms with van der Waals surface area (Å²) in [6.45, 7) is 5.04. The van der Waals surface area contributed by atoms with Gasteiger partial charge in [0.15, 0.2) is 11.5 Å². The van der Waals surface area contributed by atoms with Crippen LogP contribution in [0.25, 0.3) is 5.65 Å². The number of fused-ring (bicyclic) bond motifs is 2. The number of rotatable bonds is 3. The molecule has 0 spiro atoms. The highest BCUT2D eigenvalue weighted by atomic mass is 16.5. The summed E-state index contributed by atoms with van der Waals surface area (Å²) < 4.78 is 7.95. The lowest BCUT2D eigenvalue weighted by Crippen LogP contribution is -2.26. The zero-order chi connectivity index (χ0) is 16.5. The number of ether oxygens (including phenoxy) is 1. The molecule has 0 radical (unpaired) electrons. The quantitative estimate of drug-likeness (QED) is 0.800. The molecule has 2 aromatic heterocycles. The van der Waals surface area contributed by atoms with Crippen LogP contribution in [-0.4, -0.2) is 21.2 Å². The first-order valence-corrected chi connectivity index (χ1v) is 8.51. The van der Waals surface area contributed by atoms with E-state index < -0.39 is 0 Å². The van der Waals surface area contributed by atoms with Crippen molar-refractivity contribution in [3.05, 3.63) is 59.5 Å². The number of hydrogen-bond donors (Lipinski definition) is 1. The summed E-state index contributed by atoms with van der Waals surface area (Å²) in [6, 6.07) is 12.7. The van der Waals surface area contributed by atoms with E-state index in [0.29, 0.717) is 0 Å². The first kappa shape index (κ1) is 15.1. The highest BCUT2D eigenvalue weighted by Crippen LogP contribution is 2.33.